The second kappa shape index (κ2) is 9.63. The minimum absolute atomic E-state index is 0.327. The second-order valence-corrected chi connectivity index (χ2v) is 7.47. The zero-order chi connectivity index (χ0) is 19.9. The van der Waals surface area contributed by atoms with Crippen molar-refractivity contribution in [3.05, 3.63) is 53.3 Å². The monoisotopic (exact) mass is 380 g/mol. The van der Waals surface area contributed by atoms with Crippen molar-refractivity contribution in [1.82, 2.24) is 9.97 Å². The van der Waals surface area contributed by atoms with Gasteiger partial charge in [0.15, 0.2) is 0 Å². The summed E-state index contributed by atoms with van der Waals surface area (Å²) in [6, 6.07) is 12.5. The number of hydrogen-bond donors (Lipinski definition) is 1. The normalized spacial score (nSPS) is 11.3. The number of nitrogens with one attached hydrogen (secondary N) is 1. The first-order valence-corrected chi connectivity index (χ1v) is 10.4. The summed E-state index contributed by atoms with van der Waals surface area (Å²) in [5.41, 5.74) is 4.39. The Morgan fingerprint density at radius 2 is 1.68 bits per heavy atom. The van der Waals surface area contributed by atoms with Gasteiger partial charge in [0.2, 0.25) is 0 Å². The van der Waals surface area contributed by atoms with Gasteiger partial charge in [0.1, 0.15) is 17.3 Å². The van der Waals surface area contributed by atoms with Crippen LogP contribution >= 0.6 is 0 Å². The SMILES string of the molecule is CCCC(CCC)Oc1ccc(CCOc2ccc3[nH]c(C)nc3c2C)cc1. The maximum atomic E-state index is 6.14. The first-order valence-electron chi connectivity index (χ1n) is 10.4. The largest absolute Gasteiger partial charge is 0.493 e. The molecule has 4 nitrogen and oxygen atoms in total. The summed E-state index contributed by atoms with van der Waals surface area (Å²) >= 11 is 0. The average molecular weight is 381 g/mol. The number of imidazole rings is 1. The Kier molecular flexibility index (Phi) is 6.96. The average Bonchev–Trinajstić information content (AvgIpc) is 3.07. The number of fused-ring (bicyclic) bond motifs is 1. The predicted octanol–water partition coefficient (Wildman–Crippen LogP) is 6.15. The van der Waals surface area contributed by atoms with Crippen molar-refractivity contribution in [2.24, 2.45) is 0 Å². The summed E-state index contributed by atoms with van der Waals surface area (Å²) < 4.78 is 12.2. The highest BCUT2D eigenvalue weighted by Crippen LogP contribution is 2.26. The van der Waals surface area contributed by atoms with Gasteiger partial charge in [0.25, 0.3) is 0 Å². The van der Waals surface area contributed by atoms with E-state index in [1.807, 2.05) is 19.1 Å². The molecule has 0 fully saturated rings. The number of rotatable bonds is 10. The lowest BCUT2D eigenvalue weighted by molar-refractivity contribution is 0.178. The van der Waals surface area contributed by atoms with Gasteiger partial charge >= 0.3 is 0 Å². The van der Waals surface area contributed by atoms with Gasteiger partial charge in [0.05, 0.1) is 23.7 Å². The van der Waals surface area contributed by atoms with Crippen molar-refractivity contribution in [3.63, 3.8) is 0 Å². The van der Waals surface area contributed by atoms with Crippen molar-refractivity contribution >= 4 is 11.0 Å². The van der Waals surface area contributed by atoms with Crippen molar-refractivity contribution in [2.45, 2.75) is 65.9 Å². The van der Waals surface area contributed by atoms with Crippen LogP contribution in [0.4, 0.5) is 0 Å². The summed E-state index contributed by atoms with van der Waals surface area (Å²) in [5.74, 6) is 2.80. The van der Waals surface area contributed by atoms with Crippen molar-refractivity contribution < 1.29 is 9.47 Å². The Balaban J connectivity index is 1.54. The molecule has 0 amide bonds. The third-order valence-corrected chi connectivity index (χ3v) is 5.07. The third-order valence-electron chi connectivity index (χ3n) is 5.07. The first kappa shape index (κ1) is 20.2. The van der Waals surface area contributed by atoms with E-state index in [1.165, 1.54) is 5.56 Å². The van der Waals surface area contributed by atoms with Gasteiger partial charge in [-0.15, -0.1) is 0 Å². The van der Waals surface area contributed by atoms with Crippen LogP contribution in [0.1, 0.15) is 56.5 Å². The molecule has 3 aromatic rings. The van der Waals surface area contributed by atoms with Gasteiger partial charge in [-0.2, -0.15) is 0 Å². The highest BCUT2D eigenvalue weighted by atomic mass is 16.5. The van der Waals surface area contributed by atoms with Crippen LogP contribution in [0, 0.1) is 13.8 Å². The van der Waals surface area contributed by atoms with Crippen molar-refractivity contribution in [1.29, 1.82) is 0 Å². The molecule has 0 spiro atoms. The molecule has 0 atom stereocenters. The molecule has 150 valence electrons. The third kappa shape index (κ3) is 5.06. The minimum atomic E-state index is 0.327. The number of nitrogens with zero attached hydrogens (tertiary/aromatic N) is 1. The molecule has 0 saturated carbocycles. The van der Waals surface area contributed by atoms with E-state index in [-0.39, 0.29) is 0 Å². The van der Waals surface area contributed by atoms with E-state index in [1.54, 1.807) is 0 Å². The van der Waals surface area contributed by atoms with E-state index in [9.17, 15) is 0 Å². The number of H-pyrrole nitrogens is 1. The molecular weight excluding hydrogens is 348 g/mol. The molecule has 0 saturated heterocycles. The number of benzene rings is 2. The molecule has 0 aliphatic rings. The Morgan fingerprint density at radius 1 is 0.964 bits per heavy atom. The van der Waals surface area contributed by atoms with Crippen LogP contribution in [0.25, 0.3) is 11.0 Å². The summed E-state index contributed by atoms with van der Waals surface area (Å²) in [7, 11) is 0. The molecule has 0 aliphatic heterocycles. The molecule has 28 heavy (non-hydrogen) atoms. The molecule has 1 aromatic heterocycles. The standard InChI is InChI=1S/C24H32N2O2/c1-5-7-20(8-6-2)28-21-11-9-19(10-12-21)15-16-27-23-14-13-22-24(17(23)3)26-18(4)25-22/h9-14,20H,5-8,15-16H2,1-4H3,(H,25,26). The fraction of sp³-hybridized carbons (Fsp3) is 0.458. The zero-order valence-electron chi connectivity index (χ0n) is 17.5. The smallest absolute Gasteiger partial charge is 0.124 e. The van der Waals surface area contributed by atoms with E-state index in [0.29, 0.717) is 12.7 Å². The van der Waals surface area contributed by atoms with Crippen LogP contribution in [0.5, 0.6) is 11.5 Å². The molecule has 1 heterocycles. The molecule has 0 aliphatic carbocycles. The van der Waals surface area contributed by atoms with E-state index in [0.717, 1.165) is 66.0 Å². The van der Waals surface area contributed by atoms with E-state index in [2.05, 4.69) is 55.0 Å². The van der Waals surface area contributed by atoms with Crippen molar-refractivity contribution in [3.8, 4) is 11.5 Å². The molecule has 2 aromatic carbocycles. The maximum Gasteiger partial charge on any atom is 0.124 e. The van der Waals surface area contributed by atoms with Crippen LogP contribution in [0.2, 0.25) is 0 Å². The maximum absolute atomic E-state index is 6.14. The lowest BCUT2D eigenvalue weighted by Crippen LogP contribution is -2.15. The van der Waals surface area contributed by atoms with Gasteiger partial charge < -0.3 is 14.5 Å². The van der Waals surface area contributed by atoms with Gasteiger partial charge in [-0.1, -0.05) is 38.8 Å². The summed E-state index contributed by atoms with van der Waals surface area (Å²) in [6.45, 7) is 9.10. The van der Waals surface area contributed by atoms with E-state index in [4.69, 9.17) is 9.47 Å². The fourth-order valence-electron chi connectivity index (χ4n) is 3.59. The van der Waals surface area contributed by atoms with Gasteiger partial charge in [0, 0.05) is 12.0 Å². The minimum Gasteiger partial charge on any atom is -0.493 e. The lowest BCUT2D eigenvalue weighted by atomic mass is 10.1. The van der Waals surface area contributed by atoms with Crippen LogP contribution in [0.3, 0.4) is 0 Å². The van der Waals surface area contributed by atoms with E-state index >= 15 is 0 Å². The molecule has 0 radical (unpaired) electrons. The predicted molar refractivity (Wildman–Crippen MR) is 115 cm³/mol. The molecule has 0 unspecified atom stereocenters. The summed E-state index contributed by atoms with van der Waals surface area (Å²) in [4.78, 5) is 7.81. The topological polar surface area (TPSA) is 47.1 Å². The highest BCUT2D eigenvalue weighted by molar-refractivity contribution is 5.81. The second-order valence-electron chi connectivity index (χ2n) is 7.47. The van der Waals surface area contributed by atoms with Crippen LogP contribution in [0.15, 0.2) is 36.4 Å². The van der Waals surface area contributed by atoms with Crippen LogP contribution in [-0.4, -0.2) is 22.7 Å². The first-order chi connectivity index (χ1) is 13.6. The number of aromatic amines is 1. The lowest BCUT2D eigenvalue weighted by Gasteiger charge is -2.18. The van der Waals surface area contributed by atoms with Gasteiger partial charge in [-0.25, -0.2) is 4.98 Å². The number of aryl methyl sites for hydroxylation is 2. The Morgan fingerprint density at radius 3 is 2.36 bits per heavy atom. The molecule has 4 heteroatoms. The highest BCUT2D eigenvalue weighted by Gasteiger charge is 2.10. The van der Waals surface area contributed by atoms with Crippen molar-refractivity contribution in [2.75, 3.05) is 6.61 Å². The molecular formula is C24H32N2O2. The Labute approximate surface area is 168 Å². The van der Waals surface area contributed by atoms with Crippen LogP contribution in [-0.2, 0) is 6.42 Å². The quantitative estimate of drug-likeness (QED) is 0.459. The number of aromatic nitrogens is 2. The van der Waals surface area contributed by atoms with Crippen LogP contribution < -0.4 is 9.47 Å². The molecule has 3 rings (SSSR count). The summed E-state index contributed by atoms with van der Waals surface area (Å²) in [5, 5.41) is 0. The van der Waals surface area contributed by atoms with E-state index < -0.39 is 0 Å². The zero-order valence-corrected chi connectivity index (χ0v) is 17.5. The Hall–Kier alpha value is -2.49. The Bertz CT molecular complexity index is 878. The fourth-order valence-corrected chi connectivity index (χ4v) is 3.59. The molecule has 0 bridgehead atoms. The molecule has 1 N–H and O–H groups in total. The van der Waals surface area contributed by atoms with Gasteiger partial charge in [-0.05, 0) is 56.5 Å². The number of hydrogen-bond acceptors (Lipinski definition) is 3. The number of ether oxygens (including phenoxy) is 2. The van der Waals surface area contributed by atoms with Gasteiger partial charge in [-0.3, -0.25) is 0 Å². The summed E-state index contributed by atoms with van der Waals surface area (Å²) in [6.07, 6.45) is 5.73.